The summed E-state index contributed by atoms with van der Waals surface area (Å²) in [4.78, 5) is 4.17. The Morgan fingerprint density at radius 1 is 1.75 bits per heavy atom. The molecule has 1 N–H and O–H groups in total. The maximum Gasteiger partial charge on any atom is 0.296 e. The summed E-state index contributed by atoms with van der Waals surface area (Å²) in [5, 5.41) is 3.04. The quantitative estimate of drug-likeness (QED) is 0.525. The van der Waals surface area contributed by atoms with E-state index >= 15 is 0 Å². The Hall–Kier alpha value is -0.790. The van der Waals surface area contributed by atoms with Crippen LogP contribution in [0.2, 0.25) is 0 Å². The highest BCUT2D eigenvalue weighted by molar-refractivity contribution is 5.84. The first-order chi connectivity index (χ1) is 3.83. The molecular weight excluding hydrogens is 100 g/mol. The first-order valence-electron chi connectivity index (χ1n) is 2.84. The van der Waals surface area contributed by atoms with Crippen LogP contribution < -0.4 is 10.3 Å². The Bertz CT molecular complexity index is 145. The molecule has 0 fully saturated rings. The van der Waals surface area contributed by atoms with Crippen LogP contribution in [0.15, 0.2) is 11.9 Å². The molecule has 0 bridgehead atoms. The van der Waals surface area contributed by atoms with Gasteiger partial charge in [-0.05, 0) is 4.99 Å². The van der Waals surface area contributed by atoms with Gasteiger partial charge in [0.25, 0.3) is 5.84 Å². The molecule has 0 aliphatic carbocycles. The Labute approximate surface area is 49.3 Å². The van der Waals surface area contributed by atoms with E-state index in [1.54, 1.807) is 0 Å². The fourth-order valence-corrected chi connectivity index (χ4v) is 0.646. The van der Waals surface area contributed by atoms with Crippen molar-refractivity contribution in [3.8, 4) is 0 Å². The van der Waals surface area contributed by atoms with Crippen LogP contribution in [0.5, 0.6) is 0 Å². The number of hydrogen-bond acceptors (Lipinski definition) is 2. The van der Waals surface area contributed by atoms with E-state index in [4.69, 9.17) is 0 Å². The molecule has 1 aliphatic heterocycles. The second-order valence-electron chi connectivity index (χ2n) is 1.84. The predicted molar refractivity (Wildman–Crippen MR) is 34.3 cm³/mol. The monoisotopic (exact) mass is 110 g/mol. The summed E-state index contributed by atoms with van der Waals surface area (Å²) in [5.41, 5.74) is 1.07. The third-order valence-corrected chi connectivity index (χ3v) is 1.09. The van der Waals surface area contributed by atoms with Crippen LogP contribution in [-0.4, -0.2) is 5.84 Å². The van der Waals surface area contributed by atoms with E-state index in [0.717, 1.165) is 18.0 Å². The van der Waals surface area contributed by atoms with E-state index in [2.05, 4.69) is 17.2 Å². The fraction of sp³-hybridized carbons (Fsp3) is 0.500. The van der Waals surface area contributed by atoms with Gasteiger partial charge in [-0.15, -0.1) is 0 Å². The van der Waals surface area contributed by atoms with Gasteiger partial charge in [-0.25, -0.2) is 5.32 Å². The lowest BCUT2D eigenvalue weighted by atomic mass is 10.4. The Balaban J connectivity index is 2.56. The molecule has 2 heteroatoms. The molecule has 1 radical (unpaired) electrons. The van der Waals surface area contributed by atoms with Crippen molar-refractivity contribution < 1.29 is 0 Å². The van der Waals surface area contributed by atoms with Crippen LogP contribution in [0.1, 0.15) is 20.3 Å². The van der Waals surface area contributed by atoms with Crippen LogP contribution in [0, 0.1) is 0 Å². The maximum atomic E-state index is 4.17. The van der Waals surface area contributed by atoms with Gasteiger partial charge in [0.1, 0.15) is 6.20 Å². The molecule has 0 atom stereocenters. The molecule has 0 unspecified atom stereocenters. The average molecular weight is 110 g/mol. The van der Waals surface area contributed by atoms with Crippen molar-refractivity contribution >= 4 is 5.84 Å². The summed E-state index contributed by atoms with van der Waals surface area (Å²) in [6.07, 6.45) is 2.91. The Morgan fingerprint density at radius 3 is 2.75 bits per heavy atom. The van der Waals surface area contributed by atoms with Crippen LogP contribution in [0.25, 0.3) is 0 Å². The highest BCUT2D eigenvalue weighted by atomic mass is 15.0. The molecule has 0 aromatic rings. The summed E-state index contributed by atoms with van der Waals surface area (Å²) < 4.78 is 0. The Kier molecular flexibility index (Phi) is 1.33. The third kappa shape index (κ3) is 0.886. The van der Waals surface area contributed by atoms with Gasteiger partial charge in [0, 0.05) is 6.92 Å². The molecule has 8 heavy (non-hydrogen) atoms. The van der Waals surface area contributed by atoms with E-state index in [0.29, 0.717) is 0 Å². The van der Waals surface area contributed by atoms with Gasteiger partial charge in [-0.3, -0.25) is 0 Å². The Morgan fingerprint density at radius 2 is 2.50 bits per heavy atom. The van der Waals surface area contributed by atoms with Crippen molar-refractivity contribution in [1.82, 2.24) is 10.3 Å². The van der Waals surface area contributed by atoms with Crippen molar-refractivity contribution in [1.29, 1.82) is 0 Å². The zero-order chi connectivity index (χ0) is 5.98. The third-order valence-electron chi connectivity index (χ3n) is 1.09. The highest BCUT2D eigenvalue weighted by Gasteiger charge is 2.11. The van der Waals surface area contributed by atoms with Gasteiger partial charge in [-0.2, -0.15) is 0 Å². The summed E-state index contributed by atoms with van der Waals surface area (Å²) in [6.45, 7) is 4.06. The summed E-state index contributed by atoms with van der Waals surface area (Å²) in [7, 11) is 0. The topological polar surface area (TPSA) is 26.1 Å². The second-order valence-corrected chi connectivity index (χ2v) is 1.84. The minimum absolute atomic E-state index is 0.994. The fourth-order valence-electron chi connectivity index (χ4n) is 0.646. The maximum absolute atomic E-state index is 4.17. The number of rotatable bonds is 1. The zero-order valence-electron chi connectivity index (χ0n) is 5.23. The molecule has 2 nitrogen and oxygen atoms in total. The molecule has 0 saturated carbocycles. The van der Waals surface area contributed by atoms with Gasteiger partial charge in [0.2, 0.25) is 0 Å². The second kappa shape index (κ2) is 1.99. The van der Waals surface area contributed by atoms with E-state index in [1.807, 2.05) is 13.1 Å². The predicted octanol–water partition coefficient (Wildman–Crippen LogP) is 0.595. The lowest BCUT2D eigenvalue weighted by molar-refractivity contribution is 1.14. The van der Waals surface area contributed by atoms with Gasteiger partial charge in [0.05, 0.1) is 6.42 Å². The number of amidine groups is 1. The molecular formula is C6H10N2+. The van der Waals surface area contributed by atoms with Gasteiger partial charge in [-0.1, -0.05) is 6.92 Å². The van der Waals surface area contributed by atoms with Crippen LogP contribution in [0.3, 0.4) is 0 Å². The van der Waals surface area contributed by atoms with Crippen LogP contribution in [-0.2, 0) is 0 Å². The number of hydrogen-bond donors (Lipinski definition) is 1. The first-order valence-corrected chi connectivity index (χ1v) is 2.84. The smallest absolute Gasteiger partial charge is 0.244 e. The van der Waals surface area contributed by atoms with Crippen LogP contribution in [0.4, 0.5) is 0 Å². The van der Waals surface area contributed by atoms with Crippen molar-refractivity contribution in [3.05, 3.63) is 11.9 Å². The van der Waals surface area contributed by atoms with Gasteiger partial charge in [0.15, 0.2) is 5.70 Å². The summed E-state index contributed by atoms with van der Waals surface area (Å²) in [6, 6.07) is 0. The lowest BCUT2D eigenvalue weighted by Crippen LogP contribution is -2.14. The summed E-state index contributed by atoms with van der Waals surface area (Å²) in [5.74, 6) is 1.07. The van der Waals surface area contributed by atoms with E-state index in [1.165, 1.54) is 0 Å². The number of nitrogens with one attached hydrogen (secondary N) is 1. The minimum atomic E-state index is 0.994. The largest absolute Gasteiger partial charge is 0.296 e. The number of aliphatic imine (C=N–C) groups is 1. The van der Waals surface area contributed by atoms with E-state index in [-0.39, 0.29) is 0 Å². The van der Waals surface area contributed by atoms with Crippen molar-refractivity contribution in [2.24, 2.45) is 0 Å². The van der Waals surface area contributed by atoms with Gasteiger partial charge >= 0.3 is 0 Å². The van der Waals surface area contributed by atoms with E-state index in [9.17, 15) is 0 Å². The molecule has 0 amide bonds. The molecule has 0 aromatic carbocycles. The number of allylic oxidation sites excluding steroid dienone is 1. The first kappa shape index (κ1) is 5.35. The molecule has 0 saturated heterocycles. The minimum Gasteiger partial charge on any atom is -0.244 e. The molecule has 0 aromatic heterocycles. The van der Waals surface area contributed by atoms with Crippen molar-refractivity contribution in [2.45, 2.75) is 20.3 Å². The molecule has 1 aliphatic rings. The molecule has 0 spiro atoms. The SMILES string of the molecule is CCC1=[N+]C(C)=CN1. The van der Waals surface area contributed by atoms with Crippen molar-refractivity contribution in [2.75, 3.05) is 0 Å². The highest BCUT2D eigenvalue weighted by Crippen LogP contribution is 1.90. The standard InChI is InChI=1S/C6H10N2/c1-3-6-7-4-5(2)8-6/h4,7H,3H2,1-2H3/q+1. The molecule has 1 rings (SSSR count). The van der Waals surface area contributed by atoms with Crippen LogP contribution >= 0.6 is 0 Å². The summed E-state index contributed by atoms with van der Waals surface area (Å²) >= 11 is 0. The van der Waals surface area contributed by atoms with Gasteiger partial charge < -0.3 is 0 Å². The molecule has 1 heterocycles. The van der Waals surface area contributed by atoms with E-state index < -0.39 is 0 Å². The van der Waals surface area contributed by atoms with Crippen molar-refractivity contribution in [3.63, 3.8) is 0 Å². The number of nitrogens with zero attached hydrogens (tertiary/aromatic N) is 1. The lowest BCUT2D eigenvalue weighted by Gasteiger charge is -1.78. The normalized spacial score (nSPS) is 17.2. The molecule has 43 valence electrons. The zero-order valence-corrected chi connectivity index (χ0v) is 5.23. The average Bonchev–Trinajstić information content (AvgIpc) is 2.14.